The molecule has 1 saturated heterocycles. The predicted molar refractivity (Wildman–Crippen MR) is 140 cm³/mol. The number of thioether (sulfide) groups is 1. The van der Waals surface area contributed by atoms with Gasteiger partial charge in [-0.05, 0) is 38.3 Å². The normalized spacial score (nSPS) is 18.4. The van der Waals surface area contributed by atoms with Crippen LogP contribution in [0.1, 0.15) is 38.7 Å². The van der Waals surface area contributed by atoms with Crippen molar-refractivity contribution in [3.63, 3.8) is 0 Å². The van der Waals surface area contributed by atoms with Gasteiger partial charge in [0, 0.05) is 37.2 Å². The standard InChI is InChI=1S/C27H31N5O2S/c1-19-16-31(17-20(2)34-19)24(33)14-8-9-15-35-27-28-26-25(29-30-27)22-12-6-7-13-23(22)32(26)18-21-10-4-3-5-11-21/h3-7,10-13,19-20H,8-9,14-18H2,1-2H3. The maximum atomic E-state index is 12.6. The zero-order valence-electron chi connectivity index (χ0n) is 20.3. The van der Waals surface area contributed by atoms with E-state index < -0.39 is 0 Å². The molecule has 1 amide bonds. The van der Waals surface area contributed by atoms with E-state index in [2.05, 4.69) is 51.2 Å². The molecule has 182 valence electrons. The number of rotatable bonds is 8. The highest BCUT2D eigenvalue weighted by Gasteiger charge is 2.25. The minimum absolute atomic E-state index is 0.107. The Hall–Kier alpha value is -2.97. The molecule has 0 aliphatic carbocycles. The SMILES string of the molecule is CC1CN(C(=O)CCCCSc2nnc3c4ccccc4n(Cc4ccccc4)c3n2)CC(C)O1. The van der Waals surface area contributed by atoms with Gasteiger partial charge in [-0.2, -0.15) is 0 Å². The summed E-state index contributed by atoms with van der Waals surface area (Å²) in [5, 5.41) is 10.7. The summed E-state index contributed by atoms with van der Waals surface area (Å²) in [6, 6.07) is 18.7. The van der Waals surface area contributed by atoms with Gasteiger partial charge in [-0.1, -0.05) is 60.3 Å². The molecule has 0 N–H and O–H groups in total. The Kier molecular flexibility index (Phi) is 7.29. The molecule has 2 aromatic carbocycles. The van der Waals surface area contributed by atoms with E-state index in [1.165, 1.54) is 5.56 Å². The van der Waals surface area contributed by atoms with Gasteiger partial charge in [0.1, 0.15) is 5.52 Å². The monoisotopic (exact) mass is 489 g/mol. The topological polar surface area (TPSA) is 73.1 Å². The number of carbonyl (C=O) groups is 1. The maximum Gasteiger partial charge on any atom is 0.222 e. The summed E-state index contributed by atoms with van der Waals surface area (Å²) in [6.45, 7) is 6.16. The summed E-state index contributed by atoms with van der Waals surface area (Å²) >= 11 is 1.61. The number of morpholine rings is 1. The highest BCUT2D eigenvalue weighted by molar-refractivity contribution is 7.99. The van der Waals surface area contributed by atoms with Crippen molar-refractivity contribution in [3.8, 4) is 0 Å². The van der Waals surface area contributed by atoms with Gasteiger partial charge in [0.05, 0.1) is 17.7 Å². The van der Waals surface area contributed by atoms with Gasteiger partial charge >= 0.3 is 0 Å². The van der Waals surface area contributed by atoms with Crippen molar-refractivity contribution in [2.24, 2.45) is 0 Å². The summed E-state index contributed by atoms with van der Waals surface area (Å²) < 4.78 is 7.96. The van der Waals surface area contributed by atoms with Crippen LogP contribution in [0.4, 0.5) is 0 Å². The Morgan fingerprint density at radius 3 is 2.54 bits per heavy atom. The van der Waals surface area contributed by atoms with Crippen molar-refractivity contribution < 1.29 is 9.53 Å². The van der Waals surface area contributed by atoms with E-state index in [1.807, 2.05) is 36.9 Å². The molecule has 35 heavy (non-hydrogen) atoms. The van der Waals surface area contributed by atoms with Crippen LogP contribution >= 0.6 is 11.8 Å². The first-order chi connectivity index (χ1) is 17.1. The van der Waals surface area contributed by atoms with Crippen LogP contribution < -0.4 is 0 Å². The Bertz CT molecular complexity index is 1300. The van der Waals surface area contributed by atoms with E-state index in [0.29, 0.717) is 24.7 Å². The molecule has 3 heterocycles. The first-order valence-corrected chi connectivity index (χ1v) is 13.3. The van der Waals surface area contributed by atoms with Crippen LogP contribution in [0.15, 0.2) is 59.8 Å². The smallest absolute Gasteiger partial charge is 0.222 e. The highest BCUT2D eigenvalue weighted by Crippen LogP contribution is 2.28. The summed E-state index contributed by atoms with van der Waals surface area (Å²) in [5.74, 6) is 1.08. The van der Waals surface area contributed by atoms with E-state index in [-0.39, 0.29) is 18.1 Å². The number of fused-ring (bicyclic) bond motifs is 3. The Balaban J connectivity index is 1.23. The van der Waals surface area contributed by atoms with Gasteiger partial charge in [-0.15, -0.1) is 10.2 Å². The van der Waals surface area contributed by atoms with Crippen molar-refractivity contribution in [2.45, 2.75) is 57.0 Å². The summed E-state index contributed by atoms with van der Waals surface area (Å²) in [5.41, 5.74) is 4.02. The fourth-order valence-electron chi connectivity index (χ4n) is 4.76. The molecule has 8 heteroatoms. The molecule has 0 saturated carbocycles. The number of hydrogen-bond acceptors (Lipinski definition) is 6. The molecular formula is C27H31N5O2S. The Labute approximate surface area is 209 Å². The molecule has 1 aliphatic rings. The van der Waals surface area contributed by atoms with Gasteiger partial charge in [0.15, 0.2) is 5.65 Å². The molecule has 2 unspecified atom stereocenters. The number of unbranched alkanes of at least 4 members (excludes halogenated alkanes) is 1. The second-order valence-electron chi connectivity index (χ2n) is 9.22. The van der Waals surface area contributed by atoms with Crippen LogP contribution in [0.25, 0.3) is 22.1 Å². The lowest BCUT2D eigenvalue weighted by atomic mass is 10.2. The molecule has 1 fully saturated rings. The molecule has 0 bridgehead atoms. The van der Waals surface area contributed by atoms with Crippen LogP contribution in [-0.2, 0) is 16.1 Å². The summed E-state index contributed by atoms with van der Waals surface area (Å²) in [4.78, 5) is 19.4. The maximum absolute atomic E-state index is 12.6. The lowest BCUT2D eigenvalue weighted by Gasteiger charge is -2.35. The summed E-state index contributed by atoms with van der Waals surface area (Å²) in [6.07, 6.45) is 2.57. The number of carbonyl (C=O) groups excluding carboxylic acids is 1. The molecule has 5 rings (SSSR count). The first kappa shape index (κ1) is 23.8. The average Bonchev–Trinajstić information content (AvgIpc) is 3.17. The lowest BCUT2D eigenvalue weighted by Crippen LogP contribution is -2.48. The van der Waals surface area contributed by atoms with Crippen molar-refractivity contribution in [3.05, 3.63) is 60.2 Å². The van der Waals surface area contributed by atoms with E-state index in [1.54, 1.807) is 11.8 Å². The average molecular weight is 490 g/mol. The molecule has 1 aliphatic heterocycles. The largest absolute Gasteiger partial charge is 0.372 e. The molecule has 0 radical (unpaired) electrons. The van der Waals surface area contributed by atoms with E-state index >= 15 is 0 Å². The van der Waals surface area contributed by atoms with Gasteiger partial charge in [0.2, 0.25) is 11.1 Å². The van der Waals surface area contributed by atoms with Gasteiger partial charge < -0.3 is 14.2 Å². The van der Waals surface area contributed by atoms with Crippen molar-refractivity contribution in [2.75, 3.05) is 18.8 Å². The van der Waals surface area contributed by atoms with Crippen molar-refractivity contribution >= 4 is 39.7 Å². The van der Waals surface area contributed by atoms with Crippen LogP contribution in [-0.4, -0.2) is 61.6 Å². The van der Waals surface area contributed by atoms with Crippen LogP contribution in [0, 0.1) is 0 Å². The van der Waals surface area contributed by atoms with Crippen LogP contribution in [0.5, 0.6) is 0 Å². The molecule has 2 atom stereocenters. The molecule has 2 aromatic heterocycles. The molecule has 7 nitrogen and oxygen atoms in total. The third-order valence-corrected chi connectivity index (χ3v) is 7.25. The Morgan fingerprint density at radius 2 is 1.74 bits per heavy atom. The number of para-hydroxylation sites is 1. The minimum Gasteiger partial charge on any atom is -0.372 e. The predicted octanol–water partition coefficient (Wildman–Crippen LogP) is 4.93. The zero-order chi connectivity index (χ0) is 24.2. The van der Waals surface area contributed by atoms with Gasteiger partial charge in [-0.3, -0.25) is 4.79 Å². The minimum atomic E-state index is 0.107. The van der Waals surface area contributed by atoms with Crippen LogP contribution in [0.2, 0.25) is 0 Å². The summed E-state index contributed by atoms with van der Waals surface area (Å²) in [7, 11) is 0. The van der Waals surface area contributed by atoms with E-state index in [4.69, 9.17) is 9.72 Å². The number of amides is 1. The first-order valence-electron chi connectivity index (χ1n) is 12.3. The lowest BCUT2D eigenvalue weighted by molar-refractivity contribution is -0.143. The second kappa shape index (κ2) is 10.7. The molecule has 4 aromatic rings. The van der Waals surface area contributed by atoms with E-state index in [9.17, 15) is 4.79 Å². The van der Waals surface area contributed by atoms with Gasteiger partial charge in [-0.25, -0.2) is 4.98 Å². The van der Waals surface area contributed by atoms with Crippen molar-refractivity contribution in [1.82, 2.24) is 24.6 Å². The molecular weight excluding hydrogens is 458 g/mol. The zero-order valence-corrected chi connectivity index (χ0v) is 21.1. The number of nitrogens with zero attached hydrogens (tertiary/aromatic N) is 5. The molecule has 0 spiro atoms. The fourth-order valence-corrected chi connectivity index (χ4v) is 5.54. The highest BCUT2D eigenvalue weighted by atomic mass is 32.2. The van der Waals surface area contributed by atoms with Crippen molar-refractivity contribution in [1.29, 1.82) is 0 Å². The number of ether oxygens (including phenoxy) is 1. The van der Waals surface area contributed by atoms with E-state index in [0.717, 1.165) is 47.2 Å². The Morgan fingerprint density at radius 1 is 1.00 bits per heavy atom. The third-order valence-electron chi connectivity index (χ3n) is 6.33. The van der Waals surface area contributed by atoms with Gasteiger partial charge in [0.25, 0.3) is 0 Å². The quantitative estimate of drug-likeness (QED) is 0.258. The second-order valence-corrected chi connectivity index (χ2v) is 10.3. The number of hydrogen-bond donors (Lipinski definition) is 0. The number of aromatic nitrogens is 4. The van der Waals surface area contributed by atoms with Crippen LogP contribution in [0.3, 0.4) is 0 Å². The fraction of sp³-hybridized carbons (Fsp3) is 0.407. The number of benzene rings is 2. The third kappa shape index (κ3) is 5.49.